The van der Waals surface area contributed by atoms with Crippen LogP contribution in [0.4, 0.5) is 5.69 Å². The number of nitrogens with one attached hydrogen (secondary N) is 1. The Labute approximate surface area is 167 Å². The summed E-state index contributed by atoms with van der Waals surface area (Å²) in [5.41, 5.74) is 4.27. The predicted molar refractivity (Wildman–Crippen MR) is 112 cm³/mol. The van der Waals surface area contributed by atoms with Crippen LogP contribution in [-0.4, -0.2) is 54.3 Å². The number of nitrogens with zero attached hydrogens (tertiary/aromatic N) is 2. The molecule has 1 heterocycles. The summed E-state index contributed by atoms with van der Waals surface area (Å²) < 4.78 is 0. The smallest absolute Gasteiger partial charge is 0.238 e. The molecule has 2 aromatic rings. The molecular weight excluding hydrogens is 350 g/mol. The van der Waals surface area contributed by atoms with E-state index in [-0.39, 0.29) is 11.8 Å². The summed E-state index contributed by atoms with van der Waals surface area (Å²) in [6.45, 7) is 7.27. The number of amides is 2. The van der Waals surface area contributed by atoms with Crippen molar-refractivity contribution in [3.8, 4) is 0 Å². The second kappa shape index (κ2) is 9.51. The molecule has 1 fully saturated rings. The van der Waals surface area contributed by atoms with Gasteiger partial charge in [-0.15, -0.1) is 0 Å². The monoisotopic (exact) mass is 379 g/mol. The van der Waals surface area contributed by atoms with Gasteiger partial charge in [0.15, 0.2) is 0 Å². The first kappa shape index (κ1) is 20.1. The van der Waals surface area contributed by atoms with Crippen LogP contribution in [0.1, 0.15) is 23.6 Å². The van der Waals surface area contributed by atoms with Gasteiger partial charge in [-0.2, -0.15) is 0 Å². The van der Waals surface area contributed by atoms with E-state index in [0.29, 0.717) is 26.1 Å². The zero-order valence-corrected chi connectivity index (χ0v) is 16.8. The average molecular weight is 380 g/mol. The molecule has 0 unspecified atom stereocenters. The summed E-state index contributed by atoms with van der Waals surface area (Å²) in [4.78, 5) is 29.0. The Kier molecular flexibility index (Phi) is 6.82. The normalized spacial score (nSPS) is 14.7. The van der Waals surface area contributed by atoms with Gasteiger partial charge in [-0.3, -0.25) is 14.5 Å². The number of carbonyl (C=O) groups excluding carboxylic acids is 2. The number of anilines is 1. The molecule has 0 bridgehead atoms. The molecule has 148 valence electrons. The van der Waals surface area contributed by atoms with Crippen molar-refractivity contribution in [3.63, 3.8) is 0 Å². The molecule has 2 aromatic carbocycles. The fourth-order valence-electron chi connectivity index (χ4n) is 3.58. The van der Waals surface area contributed by atoms with Crippen LogP contribution in [0.15, 0.2) is 48.5 Å². The molecule has 1 aliphatic rings. The highest BCUT2D eigenvalue weighted by atomic mass is 16.2. The van der Waals surface area contributed by atoms with Crippen molar-refractivity contribution >= 4 is 17.5 Å². The van der Waals surface area contributed by atoms with Crippen molar-refractivity contribution in [1.82, 2.24) is 9.80 Å². The molecule has 5 nitrogen and oxygen atoms in total. The van der Waals surface area contributed by atoms with E-state index in [2.05, 4.69) is 17.1 Å². The Hall–Kier alpha value is -2.66. The number of rotatable bonds is 6. The van der Waals surface area contributed by atoms with E-state index in [1.165, 1.54) is 0 Å². The lowest BCUT2D eigenvalue weighted by Crippen LogP contribution is -2.50. The minimum atomic E-state index is 0.000543. The summed E-state index contributed by atoms with van der Waals surface area (Å²) in [6, 6.07) is 15.9. The van der Waals surface area contributed by atoms with Gasteiger partial charge in [0, 0.05) is 31.9 Å². The molecule has 1 N–H and O–H groups in total. The van der Waals surface area contributed by atoms with Gasteiger partial charge in [0.2, 0.25) is 11.8 Å². The second-order valence-electron chi connectivity index (χ2n) is 7.32. The van der Waals surface area contributed by atoms with Crippen molar-refractivity contribution in [2.24, 2.45) is 0 Å². The largest absolute Gasteiger partial charge is 0.340 e. The van der Waals surface area contributed by atoms with Gasteiger partial charge in [0.05, 0.1) is 13.0 Å². The van der Waals surface area contributed by atoms with Gasteiger partial charge in [0.1, 0.15) is 0 Å². The van der Waals surface area contributed by atoms with Crippen LogP contribution < -0.4 is 5.32 Å². The highest BCUT2D eigenvalue weighted by molar-refractivity contribution is 5.93. The van der Waals surface area contributed by atoms with Crippen molar-refractivity contribution in [3.05, 3.63) is 65.2 Å². The lowest BCUT2D eigenvalue weighted by atomic mass is 10.1. The van der Waals surface area contributed by atoms with Gasteiger partial charge in [-0.05, 0) is 36.1 Å². The van der Waals surface area contributed by atoms with Crippen molar-refractivity contribution in [1.29, 1.82) is 0 Å². The highest BCUT2D eigenvalue weighted by Crippen LogP contribution is 2.16. The zero-order valence-electron chi connectivity index (χ0n) is 16.8. The number of carbonyl (C=O) groups is 2. The van der Waals surface area contributed by atoms with E-state index in [1.54, 1.807) is 0 Å². The molecule has 28 heavy (non-hydrogen) atoms. The average Bonchev–Trinajstić information content (AvgIpc) is 2.70. The number of hydrogen-bond acceptors (Lipinski definition) is 3. The number of aryl methyl sites for hydroxylation is 2. The van der Waals surface area contributed by atoms with Crippen LogP contribution in [0, 0.1) is 6.92 Å². The summed E-state index contributed by atoms with van der Waals surface area (Å²) in [6.07, 6.45) is 1.33. The molecule has 3 rings (SSSR count). The van der Waals surface area contributed by atoms with Crippen LogP contribution in [0.3, 0.4) is 0 Å². The van der Waals surface area contributed by atoms with Gasteiger partial charge in [-0.1, -0.05) is 49.4 Å². The van der Waals surface area contributed by atoms with E-state index >= 15 is 0 Å². The summed E-state index contributed by atoms with van der Waals surface area (Å²) in [7, 11) is 0. The molecule has 5 heteroatoms. The maximum Gasteiger partial charge on any atom is 0.238 e. The fraction of sp³-hybridized carbons (Fsp3) is 0.391. The summed E-state index contributed by atoms with van der Waals surface area (Å²) in [5, 5.41) is 3.02. The third kappa shape index (κ3) is 5.20. The first-order valence-corrected chi connectivity index (χ1v) is 9.99. The summed E-state index contributed by atoms with van der Waals surface area (Å²) in [5.74, 6) is 0.163. The minimum Gasteiger partial charge on any atom is -0.340 e. The number of piperazine rings is 1. The molecule has 0 spiro atoms. The molecule has 0 aromatic heterocycles. The Morgan fingerprint density at radius 1 is 0.929 bits per heavy atom. The zero-order chi connectivity index (χ0) is 19.9. The van der Waals surface area contributed by atoms with E-state index < -0.39 is 0 Å². The predicted octanol–water partition coefficient (Wildman–Crippen LogP) is 2.88. The standard InChI is InChI=1S/C23H29N3O2/c1-3-19-9-6-7-11-21(19)24-22(27)17-25-12-14-26(15-13-25)23(28)16-20-10-5-4-8-18(20)2/h4-11H,3,12-17H2,1-2H3,(H,24,27). The van der Waals surface area contributed by atoms with E-state index in [0.717, 1.165) is 41.9 Å². The number of benzene rings is 2. The first-order chi connectivity index (χ1) is 13.6. The minimum absolute atomic E-state index is 0.000543. The van der Waals surface area contributed by atoms with Crippen molar-refractivity contribution < 1.29 is 9.59 Å². The van der Waals surface area contributed by atoms with E-state index in [9.17, 15) is 9.59 Å². The Bertz CT molecular complexity index is 826. The number of hydrogen-bond donors (Lipinski definition) is 1. The van der Waals surface area contributed by atoms with Crippen LogP contribution in [0.5, 0.6) is 0 Å². The maximum absolute atomic E-state index is 12.6. The number of para-hydroxylation sites is 1. The van der Waals surface area contributed by atoms with Gasteiger partial charge < -0.3 is 10.2 Å². The Morgan fingerprint density at radius 3 is 2.25 bits per heavy atom. The third-order valence-electron chi connectivity index (χ3n) is 5.37. The van der Waals surface area contributed by atoms with E-state index in [4.69, 9.17) is 0 Å². The van der Waals surface area contributed by atoms with Gasteiger partial charge in [0.25, 0.3) is 0 Å². The Morgan fingerprint density at radius 2 is 1.57 bits per heavy atom. The SMILES string of the molecule is CCc1ccccc1NC(=O)CN1CCN(C(=O)Cc2ccccc2C)CC1. The lowest BCUT2D eigenvalue weighted by Gasteiger charge is -2.34. The van der Waals surface area contributed by atoms with Gasteiger partial charge >= 0.3 is 0 Å². The van der Waals surface area contributed by atoms with Crippen molar-refractivity contribution in [2.45, 2.75) is 26.7 Å². The van der Waals surface area contributed by atoms with Crippen LogP contribution in [0.2, 0.25) is 0 Å². The topological polar surface area (TPSA) is 52.7 Å². The first-order valence-electron chi connectivity index (χ1n) is 9.99. The molecule has 0 atom stereocenters. The molecule has 1 aliphatic heterocycles. The molecule has 0 aliphatic carbocycles. The molecular formula is C23H29N3O2. The van der Waals surface area contributed by atoms with Crippen molar-refractivity contribution in [2.75, 3.05) is 38.0 Å². The fourth-order valence-corrected chi connectivity index (χ4v) is 3.58. The highest BCUT2D eigenvalue weighted by Gasteiger charge is 2.23. The third-order valence-corrected chi connectivity index (χ3v) is 5.37. The molecule has 2 amide bonds. The summed E-state index contributed by atoms with van der Waals surface area (Å²) >= 11 is 0. The van der Waals surface area contributed by atoms with Crippen LogP contribution in [0.25, 0.3) is 0 Å². The quantitative estimate of drug-likeness (QED) is 0.840. The maximum atomic E-state index is 12.6. The Balaban J connectivity index is 1.46. The van der Waals surface area contributed by atoms with E-state index in [1.807, 2.05) is 60.4 Å². The lowest BCUT2D eigenvalue weighted by molar-refractivity contribution is -0.132. The molecule has 0 radical (unpaired) electrons. The molecule has 1 saturated heterocycles. The van der Waals surface area contributed by atoms with Crippen LogP contribution in [-0.2, 0) is 22.4 Å². The molecule has 0 saturated carbocycles. The van der Waals surface area contributed by atoms with Crippen LogP contribution >= 0.6 is 0 Å². The van der Waals surface area contributed by atoms with Gasteiger partial charge in [-0.25, -0.2) is 0 Å². The second-order valence-corrected chi connectivity index (χ2v) is 7.32.